The Morgan fingerprint density at radius 2 is 0.889 bits per heavy atom. The van der Waals surface area contributed by atoms with E-state index in [9.17, 15) is 35.1 Å². The average molecular weight is 1130 g/mol. The van der Waals surface area contributed by atoms with Gasteiger partial charge >= 0.3 is 5.97 Å². The number of esters is 1. The maximum absolute atomic E-state index is 13.4. The second-order valence-corrected chi connectivity index (χ2v) is 22.1. The van der Waals surface area contributed by atoms with E-state index < -0.39 is 67.4 Å². The van der Waals surface area contributed by atoms with Crippen molar-refractivity contribution in [1.29, 1.82) is 0 Å². The summed E-state index contributed by atoms with van der Waals surface area (Å²) in [4.78, 5) is 26.6. The van der Waals surface area contributed by atoms with Crippen LogP contribution < -0.4 is 5.32 Å². The summed E-state index contributed by atoms with van der Waals surface area (Å²) in [5.74, 6) is -1.23. The zero-order valence-electron chi connectivity index (χ0n) is 51.4. The molecule has 0 bridgehead atoms. The molecule has 11 nitrogen and oxygen atoms in total. The molecule has 8 atom stereocenters. The smallest absolute Gasteiger partial charge is 0.306 e. The van der Waals surface area contributed by atoms with Crippen LogP contribution in [-0.4, -0.2) is 99.6 Å². The standard InChI is InChI=1S/C70H119NO10/c1-4-7-10-13-16-19-22-25-27-29-31-32-33-35-37-40-43-46-49-52-55-58-65(75)81-68-67(77)66(76)64(59-72)80-70(68)79-60-61(62(73)56-53-50-47-44-41-38-24-21-18-15-12-9-6-3)71-69(78)63(74)57-54-51-48-45-42-39-36-34-30-28-26-23-20-17-14-11-8-5-2/h7,10,16-17,19-20,25-28,31-32,34-37,53,56,61-64,66-68,70,72-74,76-77H,4-6,8-9,11-15,18,21-24,29-30,33,38-52,54-55,57-60H2,1-3H3,(H,71,78)/b10-7-,19-16-,20-17-,27-25-,28-26-,32-31-,36-34-,37-35-,56-53+. The zero-order valence-corrected chi connectivity index (χ0v) is 51.4. The highest BCUT2D eigenvalue weighted by Gasteiger charge is 2.47. The van der Waals surface area contributed by atoms with Gasteiger partial charge in [0.2, 0.25) is 5.91 Å². The summed E-state index contributed by atoms with van der Waals surface area (Å²) in [6.07, 6.45) is 66.8. The number of allylic oxidation sites excluding steroid dienone is 17. The van der Waals surface area contributed by atoms with Gasteiger partial charge in [-0.2, -0.15) is 0 Å². The first-order valence-corrected chi connectivity index (χ1v) is 32.7. The number of carbonyl (C=O) groups is 2. The van der Waals surface area contributed by atoms with Gasteiger partial charge in [-0.25, -0.2) is 0 Å². The van der Waals surface area contributed by atoms with Crippen LogP contribution in [0, 0.1) is 0 Å². The summed E-state index contributed by atoms with van der Waals surface area (Å²) in [5.41, 5.74) is 0. The normalized spacial score (nSPS) is 19.4. The van der Waals surface area contributed by atoms with Crippen molar-refractivity contribution in [2.45, 2.75) is 307 Å². The molecule has 0 spiro atoms. The number of aliphatic hydroxyl groups is 5. The molecule has 0 saturated carbocycles. The van der Waals surface area contributed by atoms with E-state index in [-0.39, 0.29) is 19.4 Å². The van der Waals surface area contributed by atoms with Gasteiger partial charge in [-0.05, 0) is 109 Å². The minimum atomic E-state index is -1.63. The fourth-order valence-electron chi connectivity index (χ4n) is 9.51. The van der Waals surface area contributed by atoms with E-state index >= 15 is 0 Å². The van der Waals surface area contributed by atoms with Crippen molar-refractivity contribution < 1.29 is 49.3 Å². The Bertz CT molecular complexity index is 1730. The Balaban J connectivity index is 2.69. The fourth-order valence-corrected chi connectivity index (χ4v) is 9.51. The molecule has 8 unspecified atom stereocenters. The molecule has 6 N–H and O–H groups in total. The van der Waals surface area contributed by atoms with Crippen LogP contribution in [-0.2, 0) is 23.8 Å². The summed E-state index contributed by atoms with van der Waals surface area (Å²) >= 11 is 0. The number of ether oxygens (including phenoxy) is 3. The molecule has 1 heterocycles. The van der Waals surface area contributed by atoms with Crippen LogP contribution in [0.25, 0.3) is 0 Å². The Kier molecular flexibility index (Phi) is 52.8. The number of nitrogens with one attached hydrogen (secondary N) is 1. The Morgan fingerprint density at radius 1 is 0.494 bits per heavy atom. The molecule has 1 aliphatic heterocycles. The number of aliphatic hydroxyl groups excluding tert-OH is 5. The van der Waals surface area contributed by atoms with Crippen molar-refractivity contribution in [2.24, 2.45) is 0 Å². The molecule has 11 heteroatoms. The molecule has 1 fully saturated rings. The Hall–Kier alpha value is -3.68. The molecular formula is C70H119NO10. The molecule has 0 radical (unpaired) electrons. The average Bonchev–Trinajstić information content (AvgIpc) is 3.53. The SMILES string of the molecule is CC/C=C\C/C=C\C/C=C\C/C=C\C/C=C\CCCCCCCC(=O)OC1C(OCC(NC(=O)C(O)CCCCCCC/C=C\C/C=C\C/C=C\CCCCC)C(O)/C=C/CCCCCCCCCCCCC)OC(CO)C(O)C1O. The third kappa shape index (κ3) is 44.5. The number of unbranched alkanes of at least 4 members (excludes halogenated alkanes) is 24. The van der Waals surface area contributed by atoms with Crippen molar-refractivity contribution in [3.8, 4) is 0 Å². The van der Waals surface area contributed by atoms with Crippen LogP contribution in [0.3, 0.4) is 0 Å². The first kappa shape index (κ1) is 75.3. The van der Waals surface area contributed by atoms with Crippen molar-refractivity contribution >= 4 is 11.9 Å². The molecule has 0 aliphatic carbocycles. The van der Waals surface area contributed by atoms with Crippen LogP contribution >= 0.6 is 0 Å². The van der Waals surface area contributed by atoms with Crippen LogP contribution in [0.1, 0.15) is 258 Å². The summed E-state index contributed by atoms with van der Waals surface area (Å²) < 4.78 is 17.6. The lowest BCUT2D eigenvalue weighted by Gasteiger charge is -2.41. The largest absolute Gasteiger partial charge is 0.454 e. The summed E-state index contributed by atoms with van der Waals surface area (Å²) in [7, 11) is 0. The van der Waals surface area contributed by atoms with Crippen molar-refractivity contribution in [2.75, 3.05) is 13.2 Å². The minimum absolute atomic E-state index is 0.0940. The maximum atomic E-state index is 13.4. The molecule has 1 amide bonds. The highest BCUT2D eigenvalue weighted by Crippen LogP contribution is 2.26. The van der Waals surface area contributed by atoms with Crippen molar-refractivity contribution in [3.63, 3.8) is 0 Å². The molecular weight excluding hydrogens is 1010 g/mol. The molecule has 1 rings (SSSR count). The molecule has 81 heavy (non-hydrogen) atoms. The first-order chi connectivity index (χ1) is 39.7. The summed E-state index contributed by atoms with van der Waals surface area (Å²) in [5, 5.41) is 57.1. The number of carbonyl (C=O) groups excluding carboxylic acids is 2. The number of rotatable bonds is 54. The van der Waals surface area contributed by atoms with Gasteiger partial charge in [0.15, 0.2) is 12.4 Å². The van der Waals surface area contributed by atoms with Gasteiger partial charge in [0, 0.05) is 6.42 Å². The zero-order chi connectivity index (χ0) is 58.9. The van der Waals surface area contributed by atoms with E-state index in [1.165, 1.54) is 83.5 Å². The molecule has 0 aromatic heterocycles. The number of hydrogen-bond donors (Lipinski definition) is 6. The second kappa shape index (κ2) is 56.8. The number of amides is 1. The summed E-state index contributed by atoms with van der Waals surface area (Å²) in [6.45, 7) is 5.63. The molecule has 464 valence electrons. The van der Waals surface area contributed by atoms with Gasteiger partial charge in [0.05, 0.1) is 25.4 Å². The Morgan fingerprint density at radius 3 is 1.36 bits per heavy atom. The van der Waals surface area contributed by atoms with E-state index in [4.69, 9.17) is 14.2 Å². The predicted molar refractivity (Wildman–Crippen MR) is 338 cm³/mol. The lowest BCUT2D eigenvalue weighted by atomic mass is 9.99. The summed E-state index contributed by atoms with van der Waals surface area (Å²) in [6, 6.07) is -1.04. The highest BCUT2D eigenvalue weighted by atomic mass is 16.7. The first-order valence-electron chi connectivity index (χ1n) is 32.7. The van der Waals surface area contributed by atoms with Gasteiger partial charge in [-0.1, -0.05) is 252 Å². The third-order valence-corrected chi connectivity index (χ3v) is 14.7. The quantitative estimate of drug-likeness (QED) is 0.0195. The topological polar surface area (TPSA) is 175 Å². The van der Waals surface area contributed by atoms with E-state index in [1.807, 2.05) is 6.08 Å². The van der Waals surface area contributed by atoms with E-state index in [1.54, 1.807) is 6.08 Å². The fraction of sp³-hybridized carbons (Fsp3) is 0.714. The highest BCUT2D eigenvalue weighted by molar-refractivity contribution is 5.80. The van der Waals surface area contributed by atoms with E-state index in [0.29, 0.717) is 12.8 Å². The van der Waals surface area contributed by atoms with Crippen LogP contribution in [0.5, 0.6) is 0 Å². The van der Waals surface area contributed by atoms with Gasteiger partial charge in [0.1, 0.15) is 24.4 Å². The lowest BCUT2D eigenvalue weighted by Crippen LogP contribution is -2.61. The molecule has 1 saturated heterocycles. The predicted octanol–water partition coefficient (Wildman–Crippen LogP) is 16.1. The van der Waals surface area contributed by atoms with E-state index in [0.717, 1.165) is 128 Å². The van der Waals surface area contributed by atoms with Crippen molar-refractivity contribution in [1.82, 2.24) is 5.32 Å². The van der Waals surface area contributed by atoms with Crippen LogP contribution in [0.4, 0.5) is 0 Å². The minimum Gasteiger partial charge on any atom is -0.454 e. The van der Waals surface area contributed by atoms with Gasteiger partial charge < -0.3 is 45.1 Å². The van der Waals surface area contributed by atoms with Gasteiger partial charge in [-0.15, -0.1) is 0 Å². The maximum Gasteiger partial charge on any atom is 0.306 e. The van der Waals surface area contributed by atoms with Crippen molar-refractivity contribution in [3.05, 3.63) is 109 Å². The van der Waals surface area contributed by atoms with Crippen LogP contribution in [0.2, 0.25) is 0 Å². The molecule has 0 aromatic carbocycles. The molecule has 0 aromatic rings. The number of hydrogen-bond acceptors (Lipinski definition) is 10. The van der Waals surface area contributed by atoms with Gasteiger partial charge in [0.25, 0.3) is 0 Å². The molecule has 1 aliphatic rings. The third-order valence-electron chi connectivity index (χ3n) is 14.7. The lowest BCUT2D eigenvalue weighted by molar-refractivity contribution is -0.305. The van der Waals surface area contributed by atoms with E-state index in [2.05, 4.69) is 123 Å². The Labute approximate surface area is 494 Å². The van der Waals surface area contributed by atoms with Crippen LogP contribution in [0.15, 0.2) is 109 Å². The second-order valence-electron chi connectivity index (χ2n) is 22.1. The van der Waals surface area contributed by atoms with Gasteiger partial charge in [-0.3, -0.25) is 9.59 Å². The monoisotopic (exact) mass is 1130 g/mol.